The Balaban J connectivity index is 3.69. The largest absolute Gasteiger partial charge is 0.355 e. The van der Waals surface area contributed by atoms with Crippen LogP contribution >= 0.6 is 0 Å². The summed E-state index contributed by atoms with van der Waals surface area (Å²) in [6.07, 6.45) is 7.83. The van der Waals surface area contributed by atoms with E-state index in [0.29, 0.717) is 6.54 Å². The lowest BCUT2D eigenvalue weighted by atomic mass is 10.0. The fourth-order valence-corrected chi connectivity index (χ4v) is 1.30. The van der Waals surface area contributed by atoms with Crippen LogP contribution in [0.1, 0.15) is 40.0 Å². The second kappa shape index (κ2) is 7.30. The second-order valence-electron chi connectivity index (χ2n) is 4.07. The van der Waals surface area contributed by atoms with Gasteiger partial charge in [-0.25, -0.2) is 0 Å². The van der Waals surface area contributed by atoms with Crippen LogP contribution < -0.4 is 10.6 Å². The maximum atomic E-state index is 11.7. The molecule has 0 spiro atoms. The first-order valence-electron chi connectivity index (χ1n) is 5.51. The Kier molecular flexibility index (Phi) is 6.81. The molecule has 0 aromatic rings. The highest BCUT2D eigenvalue weighted by molar-refractivity contribution is 5.85. The summed E-state index contributed by atoms with van der Waals surface area (Å²) in [6, 6.07) is 0. The van der Waals surface area contributed by atoms with Crippen LogP contribution in [0.25, 0.3) is 0 Å². The van der Waals surface area contributed by atoms with Gasteiger partial charge in [0, 0.05) is 13.0 Å². The van der Waals surface area contributed by atoms with Crippen LogP contribution in [0.15, 0.2) is 0 Å². The van der Waals surface area contributed by atoms with Crippen LogP contribution in [-0.4, -0.2) is 24.5 Å². The Morgan fingerprint density at radius 1 is 1.40 bits per heavy atom. The molecule has 0 bridgehead atoms. The number of amides is 1. The van der Waals surface area contributed by atoms with E-state index < -0.39 is 5.54 Å². The van der Waals surface area contributed by atoms with Crippen LogP contribution in [0.3, 0.4) is 0 Å². The van der Waals surface area contributed by atoms with E-state index in [2.05, 4.69) is 16.6 Å². The van der Waals surface area contributed by atoms with Crippen molar-refractivity contribution < 1.29 is 4.79 Å². The average molecular weight is 210 g/mol. The van der Waals surface area contributed by atoms with Gasteiger partial charge in [-0.05, 0) is 33.2 Å². The molecule has 0 aromatic heterocycles. The molecule has 1 amide bonds. The highest BCUT2D eigenvalue weighted by Gasteiger charge is 2.25. The number of rotatable bonds is 7. The van der Waals surface area contributed by atoms with Gasteiger partial charge >= 0.3 is 0 Å². The minimum atomic E-state index is -0.485. The third-order valence-corrected chi connectivity index (χ3v) is 2.22. The smallest absolute Gasteiger partial charge is 0.239 e. The molecule has 0 unspecified atom stereocenters. The van der Waals surface area contributed by atoms with Crippen molar-refractivity contribution in [1.29, 1.82) is 0 Å². The molecule has 86 valence electrons. The van der Waals surface area contributed by atoms with Crippen molar-refractivity contribution in [2.24, 2.45) is 0 Å². The second-order valence-corrected chi connectivity index (χ2v) is 4.07. The lowest BCUT2D eigenvalue weighted by molar-refractivity contribution is -0.126. The van der Waals surface area contributed by atoms with Gasteiger partial charge in [0.1, 0.15) is 0 Å². The molecule has 0 aliphatic heterocycles. The number of nitrogens with one attached hydrogen (secondary N) is 2. The van der Waals surface area contributed by atoms with E-state index in [4.69, 9.17) is 6.42 Å². The molecule has 15 heavy (non-hydrogen) atoms. The van der Waals surface area contributed by atoms with Gasteiger partial charge in [0.2, 0.25) is 5.91 Å². The van der Waals surface area contributed by atoms with E-state index in [1.54, 1.807) is 0 Å². The summed E-state index contributed by atoms with van der Waals surface area (Å²) in [5.41, 5.74) is -0.485. The third-order valence-electron chi connectivity index (χ3n) is 2.22. The molecular weight excluding hydrogens is 188 g/mol. The van der Waals surface area contributed by atoms with E-state index >= 15 is 0 Å². The predicted molar refractivity (Wildman–Crippen MR) is 63.4 cm³/mol. The van der Waals surface area contributed by atoms with Crippen LogP contribution in [0.4, 0.5) is 0 Å². The summed E-state index contributed by atoms with van der Waals surface area (Å²) in [5.74, 6) is 2.63. The first-order chi connectivity index (χ1) is 7.04. The summed E-state index contributed by atoms with van der Waals surface area (Å²) in [6.45, 7) is 7.25. The van der Waals surface area contributed by atoms with Gasteiger partial charge in [0.05, 0.1) is 5.54 Å². The Hall–Kier alpha value is -1.01. The summed E-state index contributed by atoms with van der Waals surface area (Å²) in [7, 11) is 0. The quantitative estimate of drug-likeness (QED) is 0.491. The molecule has 0 heterocycles. The number of likely N-dealkylation sites (N-methyl/N-ethyl adjacent to an activating group) is 1. The van der Waals surface area contributed by atoms with Crippen molar-refractivity contribution in [3.8, 4) is 12.3 Å². The first-order valence-corrected chi connectivity index (χ1v) is 5.51. The average Bonchev–Trinajstić information content (AvgIpc) is 2.17. The molecule has 0 aromatic carbocycles. The maximum absolute atomic E-state index is 11.7. The van der Waals surface area contributed by atoms with E-state index in [0.717, 1.165) is 25.8 Å². The fraction of sp³-hybridized carbons (Fsp3) is 0.750. The molecule has 0 aliphatic rings. The van der Waals surface area contributed by atoms with Gasteiger partial charge in [-0.3, -0.25) is 4.79 Å². The zero-order chi connectivity index (χ0) is 11.7. The Morgan fingerprint density at radius 2 is 2.07 bits per heavy atom. The number of carbonyl (C=O) groups is 1. The number of hydrogen-bond acceptors (Lipinski definition) is 2. The summed E-state index contributed by atoms with van der Waals surface area (Å²) in [5, 5.41) is 6.03. The standard InChI is InChI=1S/C12H22N2O/c1-5-7-8-9-10-13-11(15)12(3,4)14-6-2/h1,14H,6-10H2,2-4H3,(H,13,15). The molecule has 2 N–H and O–H groups in total. The van der Waals surface area contributed by atoms with Gasteiger partial charge in [-0.1, -0.05) is 6.92 Å². The zero-order valence-corrected chi connectivity index (χ0v) is 10.0. The molecule has 0 fully saturated rings. The van der Waals surface area contributed by atoms with Crippen molar-refractivity contribution in [2.45, 2.75) is 45.6 Å². The molecule has 3 heteroatoms. The summed E-state index contributed by atoms with van der Waals surface area (Å²) < 4.78 is 0. The molecule has 0 aliphatic carbocycles. The molecule has 0 rings (SSSR count). The number of terminal acetylenes is 1. The summed E-state index contributed by atoms with van der Waals surface area (Å²) in [4.78, 5) is 11.7. The minimum Gasteiger partial charge on any atom is -0.355 e. The van der Waals surface area contributed by atoms with Gasteiger partial charge in [0.25, 0.3) is 0 Å². The predicted octanol–water partition coefficient (Wildman–Crippen LogP) is 1.29. The highest BCUT2D eigenvalue weighted by Crippen LogP contribution is 2.01. The molecule has 0 saturated carbocycles. The van der Waals surface area contributed by atoms with Crippen LogP contribution in [0.5, 0.6) is 0 Å². The van der Waals surface area contributed by atoms with E-state index in [-0.39, 0.29) is 5.91 Å². The SMILES string of the molecule is C#CCCCCNC(=O)C(C)(C)NCC. The molecule has 0 atom stereocenters. The van der Waals surface area contributed by atoms with Crippen molar-refractivity contribution in [2.75, 3.05) is 13.1 Å². The molecule has 0 radical (unpaired) electrons. The first kappa shape index (κ1) is 14.0. The summed E-state index contributed by atoms with van der Waals surface area (Å²) >= 11 is 0. The zero-order valence-electron chi connectivity index (χ0n) is 10.0. The topological polar surface area (TPSA) is 41.1 Å². The monoisotopic (exact) mass is 210 g/mol. The lowest BCUT2D eigenvalue weighted by Crippen LogP contribution is -2.52. The molecular formula is C12H22N2O. The van der Waals surface area contributed by atoms with E-state index in [9.17, 15) is 4.79 Å². The van der Waals surface area contributed by atoms with Crippen LogP contribution in [0, 0.1) is 12.3 Å². The Labute approximate surface area is 93.0 Å². The minimum absolute atomic E-state index is 0.0463. The van der Waals surface area contributed by atoms with Crippen molar-refractivity contribution in [3.63, 3.8) is 0 Å². The number of hydrogen-bond donors (Lipinski definition) is 2. The van der Waals surface area contributed by atoms with Gasteiger partial charge in [-0.2, -0.15) is 0 Å². The van der Waals surface area contributed by atoms with Crippen molar-refractivity contribution >= 4 is 5.91 Å². The fourth-order valence-electron chi connectivity index (χ4n) is 1.30. The van der Waals surface area contributed by atoms with E-state index in [1.807, 2.05) is 20.8 Å². The molecule has 0 saturated heterocycles. The maximum Gasteiger partial charge on any atom is 0.239 e. The van der Waals surface area contributed by atoms with Gasteiger partial charge in [-0.15, -0.1) is 12.3 Å². The van der Waals surface area contributed by atoms with Crippen molar-refractivity contribution in [1.82, 2.24) is 10.6 Å². The highest BCUT2D eigenvalue weighted by atomic mass is 16.2. The van der Waals surface area contributed by atoms with Crippen LogP contribution in [0.2, 0.25) is 0 Å². The normalized spacial score (nSPS) is 10.8. The van der Waals surface area contributed by atoms with Gasteiger partial charge < -0.3 is 10.6 Å². The Bertz CT molecular complexity index is 228. The number of unbranched alkanes of at least 4 members (excludes halogenated alkanes) is 2. The van der Waals surface area contributed by atoms with Crippen molar-refractivity contribution in [3.05, 3.63) is 0 Å². The third kappa shape index (κ3) is 6.14. The van der Waals surface area contributed by atoms with Crippen LogP contribution in [-0.2, 0) is 4.79 Å². The number of carbonyl (C=O) groups excluding carboxylic acids is 1. The van der Waals surface area contributed by atoms with Gasteiger partial charge in [0.15, 0.2) is 0 Å². The molecule has 3 nitrogen and oxygen atoms in total. The Morgan fingerprint density at radius 3 is 2.60 bits per heavy atom. The lowest BCUT2D eigenvalue weighted by Gasteiger charge is -2.24. The van der Waals surface area contributed by atoms with E-state index in [1.165, 1.54) is 0 Å².